The van der Waals surface area contributed by atoms with E-state index in [9.17, 15) is 18.0 Å². The molecule has 1 unspecified atom stereocenters. The highest BCUT2D eigenvalue weighted by molar-refractivity contribution is 5.77. The van der Waals surface area contributed by atoms with E-state index in [1.54, 1.807) is 0 Å². The van der Waals surface area contributed by atoms with Crippen LogP contribution in [0.2, 0.25) is 0 Å². The van der Waals surface area contributed by atoms with Gasteiger partial charge in [-0.1, -0.05) is 12.1 Å². The molecule has 0 aliphatic rings. The lowest BCUT2D eigenvalue weighted by atomic mass is 10.0. The van der Waals surface area contributed by atoms with Gasteiger partial charge in [0, 0.05) is 0 Å². The number of ether oxygens (including phenoxy) is 1. The Kier molecular flexibility index (Phi) is 4.78. The normalized spacial score (nSPS) is 12.6. The summed E-state index contributed by atoms with van der Waals surface area (Å²) < 4.78 is 40.1. The molecule has 0 aliphatic heterocycles. The monoisotopic (exact) mass is 291 g/mol. The Morgan fingerprint density at radius 2 is 2.05 bits per heavy atom. The Labute approximate surface area is 111 Å². The topological polar surface area (TPSA) is 111 Å². The molecular weight excluding hydrogens is 279 g/mol. The van der Waals surface area contributed by atoms with Gasteiger partial charge in [0.05, 0.1) is 12.5 Å². The third kappa shape index (κ3) is 5.46. The maximum absolute atomic E-state index is 12.1. The maximum atomic E-state index is 12.1. The SMILES string of the molecule is NC(N)=NC(CC(=O)O)c1cccc(OC(F)(F)F)c1. The minimum Gasteiger partial charge on any atom is -0.481 e. The average molecular weight is 291 g/mol. The van der Waals surface area contributed by atoms with Gasteiger partial charge >= 0.3 is 12.3 Å². The summed E-state index contributed by atoms with van der Waals surface area (Å²) in [5.41, 5.74) is 10.5. The van der Waals surface area contributed by atoms with Gasteiger partial charge in [0.15, 0.2) is 5.96 Å². The van der Waals surface area contributed by atoms with Crippen molar-refractivity contribution in [2.75, 3.05) is 0 Å². The number of alkyl halides is 3. The van der Waals surface area contributed by atoms with Gasteiger partial charge in [-0.3, -0.25) is 4.79 Å². The van der Waals surface area contributed by atoms with Crippen LogP contribution in [0.1, 0.15) is 18.0 Å². The number of guanidine groups is 1. The largest absolute Gasteiger partial charge is 0.573 e. The predicted octanol–water partition coefficient (Wildman–Crippen LogP) is 1.37. The van der Waals surface area contributed by atoms with E-state index < -0.39 is 30.5 Å². The Bertz CT molecular complexity index is 513. The second kappa shape index (κ2) is 6.13. The number of rotatable bonds is 5. The lowest BCUT2D eigenvalue weighted by Crippen LogP contribution is -2.24. The van der Waals surface area contributed by atoms with Crippen molar-refractivity contribution in [2.24, 2.45) is 16.5 Å². The molecule has 0 radical (unpaired) electrons. The molecule has 1 aromatic rings. The molecule has 9 heteroatoms. The zero-order valence-electron chi connectivity index (χ0n) is 10.1. The van der Waals surface area contributed by atoms with Crippen LogP contribution in [-0.2, 0) is 4.79 Å². The second-order valence-electron chi connectivity index (χ2n) is 3.79. The molecule has 110 valence electrons. The summed E-state index contributed by atoms with van der Waals surface area (Å²) in [6.45, 7) is 0. The Hall–Kier alpha value is -2.45. The van der Waals surface area contributed by atoms with Gasteiger partial charge in [-0.25, -0.2) is 4.99 Å². The van der Waals surface area contributed by atoms with Crippen LogP contribution in [0.25, 0.3) is 0 Å². The number of nitrogens with zero attached hydrogens (tertiary/aromatic N) is 1. The van der Waals surface area contributed by atoms with Crippen LogP contribution in [0.5, 0.6) is 5.75 Å². The highest BCUT2D eigenvalue weighted by Gasteiger charge is 2.31. The van der Waals surface area contributed by atoms with Crippen molar-refractivity contribution in [1.29, 1.82) is 0 Å². The first-order valence-electron chi connectivity index (χ1n) is 5.33. The molecule has 0 bridgehead atoms. The number of aliphatic imine (C=N–C) groups is 1. The fraction of sp³-hybridized carbons (Fsp3) is 0.273. The number of hydrogen-bond donors (Lipinski definition) is 3. The van der Waals surface area contributed by atoms with Crippen LogP contribution < -0.4 is 16.2 Å². The lowest BCUT2D eigenvalue weighted by Gasteiger charge is -2.14. The molecule has 0 amide bonds. The van der Waals surface area contributed by atoms with E-state index in [4.69, 9.17) is 16.6 Å². The molecule has 0 saturated carbocycles. The maximum Gasteiger partial charge on any atom is 0.573 e. The standard InChI is InChI=1S/C11H12F3N3O3/c12-11(13,14)20-7-3-1-2-6(4-7)8(5-9(18)19)17-10(15)16/h1-4,8H,5H2,(H,18,19)(H4,15,16,17). The number of carboxylic acid groups (broad SMARTS) is 1. The van der Waals surface area contributed by atoms with Gasteiger partial charge in [-0.15, -0.1) is 13.2 Å². The van der Waals surface area contributed by atoms with Gasteiger partial charge in [-0.05, 0) is 17.7 Å². The number of benzene rings is 1. The molecule has 1 aromatic carbocycles. The van der Waals surface area contributed by atoms with Crippen molar-refractivity contribution in [3.63, 3.8) is 0 Å². The third-order valence-corrected chi connectivity index (χ3v) is 2.15. The molecule has 20 heavy (non-hydrogen) atoms. The van der Waals surface area contributed by atoms with Crippen molar-refractivity contribution < 1.29 is 27.8 Å². The minimum atomic E-state index is -4.84. The molecule has 1 atom stereocenters. The summed E-state index contributed by atoms with van der Waals surface area (Å²) >= 11 is 0. The molecule has 0 aliphatic carbocycles. The summed E-state index contributed by atoms with van der Waals surface area (Å²) in [6.07, 6.45) is -5.30. The quantitative estimate of drug-likeness (QED) is 0.560. The van der Waals surface area contributed by atoms with Crippen molar-refractivity contribution in [3.8, 4) is 5.75 Å². The van der Waals surface area contributed by atoms with Crippen molar-refractivity contribution >= 4 is 11.9 Å². The summed E-state index contributed by atoms with van der Waals surface area (Å²) in [5, 5.41) is 8.75. The van der Waals surface area contributed by atoms with Crippen LogP contribution in [0.4, 0.5) is 13.2 Å². The second-order valence-corrected chi connectivity index (χ2v) is 3.79. The molecule has 0 fully saturated rings. The number of nitrogens with two attached hydrogens (primary N) is 2. The van der Waals surface area contributed by atoms with E-state index in [-0.39, 0.29) is 11.5 Å². The van der Waals surface area contributed by atoms with Gasteiger partial charge in [0.2, 0.25) is 0 Å². The number of carboxylic acids is 1. The lowest BCUT2D eigenvalue weighted by molar-refractivity contribution is -0.274. The van der Waals surface area contributed by atoms with E-state index in [1.165, 1.54) is 12.1 Å². The summed E-state index contributed by atoms with van der Waals surface area (Å²) in [5.74, 6) is -2.03. The van der Waals surface area contributed by atoms with Crippen LogP contribution in [0, 0.1) is 0 Å². The van der Waals surface area contributed by atoms with Crippen LogP contribution >= 0.6 is 0 Å². The number of halogens is 3. The average Bonchev–Trinajstić information content (AvgIpc) is 2.24. The summed E-state index contributed by atoms with van der Waals surface area (Å²) in [6, 6.07) is 3.82. The smallest absolute Gasteiger partial charge is 0.481 e. The fourth-order valence-corrected chi connectivity index (χ4v) is 1.50. The van der Waals surface area contributed by atoms with Crippen molar-refractivity contribution in [1.82, 2.24) is 0 Å². The van der Waals surface area contributed by atoms with Crippen LogP contribution in [0.15, 0.2) is 29.3 Å². The molecule has 0 spiro atoms. The Morgan fingerprint density at radius 3 is 2.55 bits per heavy atom. The van der Waals surface area contributed by atoms with E-state index in [1.807, 2.05) is 0 Å². The minimum absolute atomic E-state index is 0.197. The summed E-state index contributed by atoms with van der Waals surface area (Å²) in [7, 11) is 0. The Balaban J connectivity index is 3.05. The van der Waals surface area contributed by atoms with Crippen LogP contribution in [0.3, 0.4) is 0 Å². The van der Waals surface area contributed by atoms with Gasteiger partial charge in [-0.2, -0.15) is 0 Å². The first kappa shape index (κ1) is 15.6. The zero-order chi connectivity index (χ0) is 15.3. The van der Waals surface area contributed by atoms with Gasteiger partial charge in [0.1, 0.15) is 5.75 Å². The molecular formula is C11H12F3N3O3. The van der Waals surface area contributed by atoms with Crippen LogP contribution in [-0.4, -0.2) is 23.4 Å². The zero-order valence-corrected chi connectivity index (χ0v) is 10.1. The Morgan fingerprint density at radius 1 is 1.40 bits per heavy atom. The van der Waals surface area contributed by atoms with E-state index in [0.717, 1.165) is 12.1 Å². The van der Waals surface area contributed by atoms with Crippen molar-refractivity contribution in [3.05, 3.63) is 29.8 Å². The highest BCUT2D eigenvalue weighted by atomic mass is 19.4. The number of carbonyl (C=O) groups is 1. The number of hydrogen-bond acceptors (Lipinski definition) is 3. The van der Waals surface area contributed by atoms with E-state index in [2.05, 4.69) is 9.73 Å². The van der Waals surface area contributed by atoms with E-state index >= 15 is 0 Å². The fourth-order valence-electron chi connectivity index (χ4n) is 1.50. The molecule has 0 saturated heterocycles. The third-order valence-electron chi connectivity index (χ3n) is 2.15. The first-order valence-corrected chi connectivity index (χ1v) is 5.33. The molecule has 0 heterocycles. The number of aliphatic carboxylic acids is 1. The van der Waals surface area contributed by atoms with Gasteiger partial charge < -0.3 is 21.3 Å². The predicted molar refractivity (Wildman–Crippen MR) is 63.9 cm³/mol. The first-order chi connectivity index (χ1) is 9.17. The van der Waals surface area contributed by atoms with Crippen molar-refractivity contribution in [2.45, 2.75) is 18.8 Å². The summed E-state index contributed by atoms with van der Waals surface area (Å²) in [4.78, 5) is 14.4. The van der Waals surface area contributed by atoms with E-state index in [0.29, 0.717) is 0 Å². The molecule has 0 aromatic heterocycles. The molecule has 6 nitrogen and oxygen atoms in total. The molecule has 1 rings (SSSR count). The van der Waals surface area contributed by atoms with Gasteiger partial charge in [0.25, 0.3) is 0 Å². The molecule has 5 N–H and O–H groups in total. The highest BCUT2D eigenvalue weighted by Crippen LogP contribution is 2.28.